The van der Waals surface area contributed by atoms with Crippen LogP contribution in [0.25, 0.3) is 0 Å². The van der Waals surface area contributed by atoms with Crippen molar-refractivity contribution in [1.29, 1.82) is 0 Å². The van der Waals surface area contributed by atoms with E-state index in [9.17, 15) is 9.59 Å². The molecule has 2 rings (SSSR count). The maximum atomic E-state index is 11.7. The summed E-state index contributed by atoms with van der Waals surface area (Å²) in [5.41, 5.74) is 6.34. The lowest BCUT2D eigenvalue weighted by atomic mass is 10.2. The van der Waals surface area contributed by atoms with Crippen molar-refractivity contribution in [2.24, 2.45) is 0 Å². The highest BCUT2D eigenvalue weighted by molar-refractivity contribution is 6.33. The standard InChI is InChI=1S/C12H14ClN3O2/c13-9-5-7(1-4-10(9)14)12(18)15-6-11(17)16-8-2-3-8/h1,4-5,8H,2-3,6,14H2,(H,15,18)(H,16,17). The number of hydrogen-bond acceptors (Lipinski definition) is 3. The summed E-state index contributed by atoms with van der Waals surface area (Å²) < 4.78 is 0. The number of hydrogen-bond donors (Lipinski definition) is 3. The molecule has 1 fully saturated rings. The molecular weight excluding hydrogens is 254 g/mol. The number of nitrogen functional groups attached to an aromatic ring is 1. The Bertz CT molecular complexity index is 486. The van der Waals surface area contributed by atoms with Crippen molar-refractivity contribution in [1.82, 2.24) is 10.6 Å². The number of amides is 2. The molecule has 0 bridgehead atoms. The largest absolute Gasteiger partial charge is 0.398 e. The topological polar surface area (TPSA) is 84.2 Å². The zero-order chi connectivity index (χ0) is 13.1. The van der Waals surface area contributed by atoms with Gasteiger partial charge in [0.1, 0.15) is 0 Å². The van der Waals surface area contributed by atoms with Crippen LogP contribution in [-0.4, -0.2) is 24.4 Å². The van der Waals surface area contributed by atoms with E-state index in [0.717, 1.165) is 12.8 Å². The van der Waals surface area contributed by atoms with E-state index in [1.54, 1.807) is 12.1 Å². The fourth-order valence-electron chi connectivity index (χ4n) is 1.44. The van der Waals surface area contributed by atoms with Crippen molar-refractivity contribution < 1.29 is 9.59 Å². The third-order valence-corrected chi connectivity index (χ3v) is 2.94. The summed E-state index contributed by atoms with van der Waals surface area (Å²) in [6.07, 6.45) is 2.04. The average Bonchev–Trinajstić information content (AvgIpc) is 3.13. The van der Waals surface area contributed by atoms with Crippen LogP contribution < -0.4 is 16.4 Å². The van der Waals surface area contributed by atoms with Gasteiger partial charge in [-0.15, -0.1) is 0 Å². The van der Waals surface area contributed by atoms with E-state index in [4.69, 9.17) is 17.3 Å². The van der Waals surface area contributed by atoms with Crippen molar-refractivity contribution in [3.63, 3.8) is 0 Å². The van der Waals surface area contributed by atoms with E-state index in [1.807, 2.05) is 0 Å². The highest BCUT2D eigenvalue weighted by Gasteiger charge is 2.23. The summed E-state index contributed by atoms with van der Waals surface area (Å²) in [5.74, 6) is -0.518. The van der Waals surface area contributed by atoms with Gasteiger partial charge in [-0.25, -0.2) is 0 Å². The van der Waals surface area contributed by atoms with Crippen LogP contribution in [0.15, 0.2) is 18.2 Å². The van der Waals surface area contributed by atoms with Gasteiger partial charge in [0.25, 0.3) is 5.91 Å². The van der Waals surface area contributed by atoms with Crippen LogP contribution in [0.2, 0.25) is 5.02 Å². The number of carbonyl (C=O) groups is 2. The molecule has 0 spiro atoms. The fraction of sp³-hybridized carbons (Fsp3) is 0.333. The Kier molecular flexibility index (Phi) is 3.72. The van der Waals surface area contributed by atoms with Gasteiger partial charge in [0, 0.05) is 11.6 Å². The Hall–Kier alpha value is -1.75. The van der Waals surface area contributed by atoms with Crippen molar-refractivity contribution >= 4 is 29.1 Å². The van der Waals surface area contributed by atoms with E-state index < -0.39 is 0 Å². The second-order valence-corrected chi connectivity index (χ2v) is 4.67. The van der Waals surface area contributed by atoms with Crippen LogP contribution >= 0.6 is 11.6 Å². The monoisotopic (exact) mass is 267 g/mol. The Balaban J connectivity index is 1.86. The van der Waals surface area contributed by atoms with Crippen molar-refractivity contribution in [3.05, 3.63) is 28.8 Å². The van der Waals surface area contributed by atoms with Gasteiger partial charge >= 0.3 is 0 Å². The fourth-order valence-corrected chi connectivity index (χ4v) is 1.62. The first-order valence-corrected chi connectivity index (χ1v) is 6.06. The first kappa shape index (κ1) is 12.7. The lowest BCUT2D eigenvalue weighted by Gasteiger charge is -2.07. The molecule has 0 atom stereocenters. The Morgan fingerprint density at radius 2 is 2.11 bits per heavy atom. The van der Waals surface area contributed by atoms with Crippen LogP contribution in [0.1, 0.15) is 23.2 Å². The quantitative estimate of drug-likeness (QED) is 0.710. The summed E-state index contributed by atoms with van der Waals surface area (Å²) in [4.78, 5) is 23.1. The summed E-state index contributed by atoms with van der Waals surface area (Å²) in [6.45, 7) is -0.0304. The number of anilines is 1. The average molecular weight is 268 g/mol. The van der Waals surface area contributed by atoms with E-state index in [-0.39, 0.29) is 18.4 Å². The minimum atomic E-state index is -0.345. The molecule has 1 aliphatic carbocycles. The summed E-state index contributed by atoms with van der Waals surface area (Å²) >= 11 is 5.81. The van der Waals surface area contributed by atoms with Crippen molar-refractivity contribution in [3.8, 4) is 0 Å². The van der Waals surface area contributed by atoms with Gasteiger partial charge in [-0.05, 0) is 31.0 Å². The predicted molar refractivity (Wildman–Crippen MR) is 69.4 cm³/mol. The number of nitrogens with two attached hydrogens (primary N) is 1. The van der Waals surface area contributed by atoms with Crippen LogP contribution in [0.4, 0.5) is 5.69 Å². The number of halogens is 1. The third kappa shape index (κ3) is 3.37. The minimum Gasteiger partial charge on any atom is -0.398 e. The smallest absolute Gasteiger partial charge is 0.251 e. The van der Waals surface area contributed by atoms with Gasteiger partial charge in [-0.2, -0.15) is 0 Å². The Labute approximate surface area is 110 Å². The molecule has 18 heavy (non-hydrogen) atoms. The molecule has 0 radical (unpaired) electrons. The number of nitrogens with one attached hydrogen (secondary N) is 2. The number of carbonyl (C=O) groups excluding carboxylic acids is 2. The number of rotatable bonds is 4. The highest BCUT2D eigenvalue weighted by atomic mass is 35.5. The van der Waals surface area contributed by atoms with E-state index in [0.29, 0.717) is 22.3 Å². The van der Waals surface area contributed by atoms with Crippen molar-refractivity contribution in [2.75, 3.05) is 12.3 Å². The van der Waals surface area contributed by atoms with Crippen LogP contribution in [0, 0.1) is 0 Å². The lowest BCUT2D eigenvalue weighted by molar-refractivity contribution is -0.120. The molecule has 0 aromatic heterocycles. The molecule has 1 aromatic carbocycles. The number of benzene rings is 1. The molecule has 0 aliphatic heterocycles. The van der Waals surface area contributed by atoms with Gasteiger partial charge in [0.2, 0.25) is 5.91 Å². The molecule has 0 saturated heterocycles. The van der Waals surface area contributed by atoms with Crippen LogP contribution in [-0.2, 0) is 4.79 Å². The van der Waals surface area contributed by atoms with Gasteiger partial charge in [-0.1, -0.05) is 11.6 Å². The molecule has 1 aliphatic rings. The zero-order valence-corrected chi connectivity index (χ0v) is 10.5. The second kappa shape index (κ2) is 5.27. The molecule has 2 amide bonds. The van der Waals surface area contributed by atoms with Gasteiger partial charge < -0.3 is 16.4 Å². The molecule has 0 heterocycles. The van der Waals surface area contributed by atoms with Crippen LogP contribution in [0.3, 0.4) is 0 Å². The first-order valence-electron chi connectivity index (χ1n) is 5.69. The Morgan fingerprint density at radius 3 is 2.72 bits per heavy atom. The van der Waals surface area contributed by atoms with Crippen molar-refractivity contribution in [2.45, 2.75) is 18.9 Å². The van der Waals surface area contributed by atoms with E-state index in [1.165, 1.54) is 6.07 Å². The molecule has 6 heteroatoms. The second-order valence-electron chi connectivity index (χ2n) is 4.26. The summed E-state index contributed by atoms with van der Waals surface area (Å²) in [7, 11) is 0. The molecule has 1 saturated carbocycles. The molecular formula is C12H14ClN3O2. The maximum absolute atomic E-state index is 11.7. The Morgan fingerprint density at radius 1 is 1.39 bits per heavy atom. The van der Waals surface area contributed by atoms with Gasteiger partial charge in [-0.3, -0.25) is 9.59 Å². The maximum Gasteiger partial charge on any atom is 0.251 e. The minimum absolute atomic E-state index is 0.0304. The molecule has 96 valence electrons. The molecule has 0 unspecified atom stereocenters. The normalized spacial score (nSPS) is 14.1. The summed E-state index contributed by atoms with van der Waals surface area (Å²) in [5, 5.41) is 5.63. The van der Waals surface area contributed by atoms with Crippen LogP contribution in [0.5, 0.6) is 0 Å². The van der Waals surface area contributed by atoms with Gasteiger partial charge in [0.05, 0.1) is 17.3 Å². The third-order valence-electron chi connectivity index (χ3n) is 2.61. The molecule has 5 nitrogen and oxygen atoms in total. The highest BCUT2D eigenvalue weighted by Crippen LogP contribution is 2.19. The zero-order valence-electron chi connectivity index (χ0n) is 9.70. The predicted octanol–water partition coefficient (Wildman–Crippen LogP) is 0.931. The first-order chi connectivity index (χ1) is 8.56. The van der Waals surface area contributed by atoms with E-state index in [2.05, 4.69) is 10.6 Å². The van der Waals surface area contributed by atoms with Gasteiger partial charge in [0.15, 0.2) is 0 Å². The lowest BCUT2D eigenvalue weighted by Crippen LogP contribution is -2.37. The van der Waals surface area contributed by atoms with E-state index >= 15 is 0 Å². The summed E-state index contributed by atoms with van der Waals surface area (Å²) in [6, 6.07) is 4.89. The molecule has 4 N–H and O–H groups in total. The molecule has 1 aromatic rings. The SMILES string of the molecule is Nc1ccc(C(=O)NCC(=O)NC2CC2)cc1Cl.